The van der Waals surface area contributed by atoms with Gasteiger partial charge in [0.2, 0.25) is 5.95 Å². The number of nitrogens with one attached hydrogen (secondary N) is 2. The number of aromatic nitrogens is 3. The minimum absolute atomic E-state index is 0.265. The molecule has 0 aliphatic carbocycles. The third-order valence-electron chi connectivity index (χ3n) is 3.45. The Hall–Kier alpha value is -2.80. The van der Waals surface area contributed by atoms with Gasteiger partial charge in [0.05, 0.1) is 6.54 Å². The molecule has 1 aromatic heterocycles. The van der Waals surface area contributed by atoms with Crippen LogP contribution in [0.15, 0.2) is 54.9 Å². The van der Waals surface area contributed by atoms with Crippen molar-refractivity contribution < 1.29 is 4.39 Å². The first kappa shape index (κ1) is 16.1. The van der Waals surface area contributed by atoms with Crippen LogP contribution in [0.3, 0.4) is 0 Å². The third kappa shape index (κ3) is 3.94. The number of aryl methyl sites for hydroxylation is 1. The maximum absolute atomic E-state index is 13.7. The molecule has 0 bridgehead atoms. The molecule has 0 fully saturated rings. The molecule has 5 nitrogen and oxygen atoms in total. The van der Waals surface area contributed by atoms with Gasteiger partial charge >= 0.3 is 0 Å². The molecule has 0 saturated carbocycles. The van der Waals surface area contributed by atoms with Gasteiger partial charge in [-0.05, 0) is 36.8 Å². The Balaban J connectivity index is 1.63. The topological polar surface area (TPSA) is 54.8 Å². The quantitative estimate of drug-likeness (QED) is 0.711. The number of halogens is 1. The first-order valence-electron chi connectivity index (χ1n) is 7.38. The van der Waals surface area contributed by atoms with Gasteiger partial charge in [0.1, 0.15) is 12.1 Å². The molecule has 24 heavy (non-hydrogen) atoms. The molecule has 0 amide bonds. The molecule has 0 atom stereocenters. The summed E-state index contributed by atoms with van der Waals surface area (Å²) in [6, 6.07) is 14.4. The molecule has 0 unspecified atom stereocenters. The highest BCUT2D eigenvalue weighted by Gasteiger charge is 2.07. The number of thiocarbonyl (C=S) groups is 1. The zero-order valence-corrected chi connectivity index (χ0v) is 13.8. The van der Waals surface area contributed by atoms with Crippen LogP contribution in [-0.4, -0.2) is 19.9 Å². The summed E-state index contributed by atoms with van der Waals surface area (Å²) in [4.78, 5) is 4.14. The van der Waals surface area contributed by atoms with Crippen molar-refractivity contribution in [1.29, 1.82) is 0 Å². The minimum atomic E-state index is -0.265. The highest BCUT2D eigenvalue weighted by molar-refractivity contribution is 7.80. The molecule has 122 valence electrons. The maximum atomic E-state index is 13.7. The number of para-hydroxylation sites is 1. The lowest BCUT2D eigenvalue weighted by Crippen LogP contribution is -2.20. The van der Waals surface area contributed by atoms with Crippen LogP contribution in [0, 0.1) is 12.7 Å². The predicted molar refractivity (Wildman–Crippen MR) is 96.5 cm³/mol. The van der Waals surface area contributed by atoms with E-state index in [0.29, 0.717) is 23.2 Å². The summed E-state index contributed by atoms with van der Waals surface area (Å²) in [5.41, 5.74) is 2.55. The van der Waals surface area contributed by atoms with E-state index in [1.807, 2.05) is 31.2 Å². The van der Waals surface area contributed by atoms with Gasteiger partial charge in [0.25, 0.3) is 0 Å². The summed E-state index contributed by atoms with van der Waals surface area (Å²) in [6.07, 6.45) is 1.53. The van der Waals surface area contributed by atoms with E-state index < -0.39 is 0 Å². The summed E-state index contributed by atoms with van der Waals surface area (Å²) < 4.78 is 15.2. The highest BCUT2D eigenvalue weighted by atomic mass is 32.1. The van der Waals surface area contributed by atoms with Crippen LogP contribution in [0.25, 0.3) is 0 Å². The molecule has 0 saturated heterocycles. The van der Waals surface area contributed by atoms with E-state index in [2.05, 4.69) is 20.7 Å². The normalized spacial score (nSPS) is 10.4. The molecule has 0 radical (unpaired) electrons. The number of nitrogens with zero attached hydrogens (tertiary/aromatic N) is 3. The van der Waals surface area contributed by atoms with Crippen LogP contribution in [0.5, 0.6) is 0 Å². The second kappa shape index (κ2) is 7.18. The fraction of sp³-hybridized carbons (Fsp3) is 0.118. The molecule has 0 spiro atoms. The van der Waals surface area contributed by atoms with Crippen LogP contribution < -0.4 is 10.6 Å². The van der Waals surface area contributed by atoms with Gasteiger partial charge in [-0.3, -0.25) is 5.32 Å². The average molecular weight is 341 g/mol. The van der Waals surface area contributed by atoms with E-state index in [9.17, 15) is 4.39 Å². The van der Waals surface area contributed by atoms with E-state index in [4.69, 9.17) is 12.2 Å². The second-order valence-corrected chi connectivity index (χ2v) is 5.66. The van der Waals surface area contributed by atoms with E-state index in [-0.39, 0.29) is 5.82 Å². The van der Waals surface area contributed by atoms with Crippen LogP contribution in [0.4, 0.5) is 16.0 Å². The van der Waals surface area contributed by atoms with Crippen molar-refractivity contribution in [2.75, 3.05) is 10.6 Å². The molecular weight excluding hydrogens is 325 g/mol. The standard InChI is InChI=1S/C17H16FN5S/c1-12-6-2-5-9-15(12)20-17(24)21-16-19-11-23(22-16)10-13-7-3-4-8-14(13)18/h2-9,11H,10H2,1H3,(H2,20,21,22,24). The molecule has 0 aliphatic heterocycles. The zero-order chi connectivity index (χ0) is 16.9. The van der Waals surface area contributed by atoms with Crippen molar-refractivity contribution in [3.05, 3.63) is 71.8 Å². The van der Waals surface area contributed by atoms with E-state index in [0.717, 1.165) is 11.3 Å². The molecule has 3 rings (SSSR count). The van der Waals surface area contributed by atoms with Crippen molar-refractivity contribution >= 4 is 29.0 Å². The van der Waals surface area contributed by atoms with Crippen molar-refractivity contribution in [2.45, 2.75) is 13.5 Å². The summed E-state index contributed by atoms with van der Waals surface area (Å²) in [5.74, 6) is 0.0941. The van der Waals surface area contributed by atoms with Gasteiger partial charge in [-0.2, -0.15) is 0 Å². The van der Waals surface area contributed by atoms with E-state index in [1.165, 1.54) is 12.4 Å². The SMILES string of the molecule is Cc1ccccc1NC(=S)Nc1ncn(Cc2ccccc2F)n1. The lowest BCUT2D eigenvalue weighted by Gasteiger charge is -2.10. The van der Waals surface area contributed by atoms with Crippen molar-refractivity contribution in [3.63, 3.8) is 0 Å². The molecule has 2 aromatic carbocycles. The lowest BCUT2D eigenvalue weighted by molar-refractivity contribution is 0.585. The predicted octanol–water partition coefficient (Wildman–Crippen LogP) is 3.58. The first-order chi connectivity index (χ1) is 11.6. The maximum Gasteiger partial charge on any atom is 0.248 e. The Labute approximate surface area is 144 Å². The largest absolute Gasteiger partial charge is 0.332 e. The fourth-order valence-corrected chi connectivity index (χ4v) is 2.40. The average Bonchev–Trinajstić information content (AvgIpc) is 2.99. The van der Waals surface area contributed by atoms with E-state index >= 15 is 0 Å². The summed E-state index contributed by atoms with van der Waals surface area (Å²) in [6.45, 7) is 2.30. The van der Waals surface area contributed by atoms with Gasteiger partial charge in [-0.25, -0.2) is 14.1 Å². The summed E-state index contributed by atoms with van der Waals surface area (Å²) >= 11 is 5.27. The van der Waals surface area contributed by atoms with Gasteiger partial charge < -0.3 is 5.32 Å². The smallest absolute Gasteiger partial charge is 0.248 e. The monoisotopic (exact) mass is 341 g/mol. The minimum Gasteiger partial charge on any atom is -0.332 e. The molecule has 3 aromatic rings. The zero-order valence-electron chi connectivity index (χ0n) is 13.0. The molecule has 2 N–H and O–H groups in total. The lowest BCUT2D eigenvalue weighted by atomic mass is 10.2. The van der Waals surface area contributed by atoms with Gasteiger partial charge in [0.15, 0.2) is 5.11 Å². The third-order valence-corrected chi connectivity index (χ3v) is 3.65. The fourth-order valence-electron chi connectivity index (χ4n) is 2.20. The van der Waals surface area contributed by atoms with Crippen molar-refractivity contribution in [3.8, 4) is 0 Å². The Morgan fingerprint density at radius 1 is 1.12 bits per heavy atom. The molecular formula is C17H16FN5S. The van der Waals surface area contributed by atoms with E-state index in [1.54, 1.807) is 22.9 Å². The number of anilines is 2. The van der Waals surface area contributed by atoms with Gasteiger partial charge in [-0.15, -0.1) is 5.10 Å². The molecule has 1 heterocycles. The number of hydrogen-bond donors (Lipinski definition) is 2. The molecule has 7 heteroatoms. The number of rotatable bonds is 4. The van der Waals surface area contributed by atoms with Crippen LogP contribution in [-0.2, 0) is 6.54 Å². The highest BCUT2D eigenvalue weighted by Crippen LogP contribution is 2.13. The van der Waals surface area contributed by atoms with Gasteiger partial charge in [0, 0.05) is 11.3 Å². The first-order valence-corrected chi connectivity index (χ1v) is 7.79. The van der Waals surface area contributed by atoms with Gasteiger partial charge in [-0.1, -0.05) is 36.4 Å². The summed E-state index contributed by atoms with van der Waals surface area (Å²) in [5, 5.41) is 10.7. The Morgan fingerprint density at radius 2 is 1.88 bits per heavy atom. The van der Waals surface area contributed by atoms with Crippen LogP contribution in [0.1, 0.15) is 11.1 Å². The molecule has 0 aliphatic rings. The Kier molecular flexibility index (Phi) is 4.81. The summed E-state index contributed by atoms with van der Waals surface area (Å²) in [7, 11) is 0. The van der Waals surface area contributed by atoms with Crippen LogP contribution in [0.2, 0.25) is 0 Å². The Bertz CT molecular complexity index is 861. The van der Waals surface area contributed by atoms with Crippen molar-refractivity contribution in [1.82, 2.24) is 14.8 Å². The number of hydrogen-bond acceptors (Lipinski definition) is 3. The second-order valence-electron chi connectivity index (χ2n) is 5.25. The van der Waals surface area contributed by atoms with Crippen LogP contribution >= 0.6 is 12.2 Å². The number of benzene rings is 2. The van der Waals surface area contributed by atoms with Crippen molar-refractivity contribution in [2.24, 2.45) is 0 Å². The Morgan fingerprint density at radius 3 is 2.67 bits per heavy atom.